The maximum absolute atomic E-state index is 5.59. The molecule has 0 bridgehead atoms. The molecule has 0 radical (unpaired) electrons. The molecule has 6 rings (SSSR count). The molecule has 0 aliphatic carbocycles. The van der Waals surface area contributed by atoms with E-state index in [-0.39, 0.29) is 0 Å². The van der Waals surface area contributed by atoms with Crippen LogP contribution in [-0.2, 0) is 11.3 Å². The second kappa shape index (κ2) is 8.38. The molecule has 10 nitrogen and oxygen atoms in total. The number of benzene rings is 1. The van der Waals surface area contributed by atoms with E-state index in [2.05, 4.69) is 26.5 Å². The molecule has 4 aromatic heterocycles. The third kappa shape index (κ3) is 3.34. The molecule has 0 spiro atoms. The topological polar surface area (TPSA) is 96.0 Å². The van der Waals surface area contributed by atoms with Gasteiger partial charge in [-0.15, -0.1) is 0 Å². The smallest absolute Gasteiger partial charge is 0.255 e. The van der Waals surface area contributed by atoms with Crippen molar-refractivity contribution in [1.82, 2.24) is 34.3 Å². The summed E-state index contributed by atoms with van der Waals surface area (Å²) in [5.74, 6) is 2.92. The first-order chi connectivity index (χ1) is 16.8. The fraction of sp³-hybridized carbons (Fsp3) is 0.292. The van der Waals surface area contributed by atoms with Crippen molar-refractivity contribution in [2.24, 2.45) is 0 Å². The van der Waals surface area contributed by atoms with E-state index in [1.54, 1.807) is 30.4 Å². The number of hydrogen-bond acceptors (Lipinski definition) is 8. The van der Waals surface area contributed by atoms with Crippen LogP contribution in [0.3, 0.4) is 0 Å². The van der Waals surface area contributed by atoms with Gasteiger partial charge in [0.05, 0.1) is 32.0 Å². The molecule has 0 amide bonds. The van der Waals surface area contributed by atoms with E-state index in [1.165, 1.54) is 0 Å². The molecule has 1 aromatic carbocycles. The van der Waals surface area contributed by atoms with Crippen LogP contribution < -0.4 is 9.64 Å². The Balaban J connectivity index is 1.60. The highest BCUT2D eigenvalue weighted by Crippen LogP contribution is 2.31. The quantitative estimate of drug-likeness (QED) is 0.398. The van der Waals surface area contributed by atoms with Crippen LogP contribution in [0.2, 0.25) is 0 Å². The monoisotopic (exact) mass is 456 g/mol. The summed E-state index contributed by atoms with van der Waals surface area (Å²) in [6.45, 7) is 5.59. The van der Waals surface area contributed by atoms with Gasteiger partial charge in [0.2, 0.25) is 0 Å². The molecule has 5 aromatic rings. The fourth-order valence-corrected chi connectivity index (χ4v) is 4.38. The van der Waals surface area contributed by atoms with Gasteiger partial charge in [0.1, 0.15) is 11.6 Å². The summed E-state index contributed by atoms with van der Waals surface area (Å²) >= 11 is 0. The van der Waals surface area contributed by atoms with Crippen molar-refractivity contribution in [1.29, 1.82) is 0 Å². The zero-order chi connectivity index (χ0) is 23.1. The van der Waals surface area contributed by atoms with Gasteiger partial charge < -0.3 is 18.9 Å². The average Bonchev–Trinajstić information content (AvgIpc) is 3.50. The number of nitrogens with zero attached hydrogens (tertiary/aromatic N) is 8. The third-order valence-electron chi connectivity index (χ3n) is 6.09. The summed E-state index contributed by atoms with van der Waals surface area (Å²) in [7, 11) is 1.66. The lowest BCUT2D eigenvalue weighted by atomic mass is 10.2. The summed E-state index contributed by atoms with van der Waals surface area (Å²) < 4.78 is 14.8. The predicted molar refractivity (Wildman–Crippen MR) is 128 cm³/mol. The standard InChI is InChI=1S/C24H24N8O2/c1-3-31-21(16-6-8-25-9-7-16)27-20-22(30-10-12-34-13-11-30)28-24(29-23(20)31)32-19-5-4-18(33-2)14-17(19)15-26-32/h4-9,14-15H,3,10-13H2,1-2H3. The van der Waals surface area contributed by atoms with Crippen LogP contribution in [0, 0.1) is 0 Å². The van der Waals surface area contributed by atoms with Gasteiger partial charge in [-0.2, -0.15) is 19.7 Å². The van der Waals surface area contributed by atoms with Crippen molar-refractivity contribution in [3.63, 3.8) is 0 Å². The molecular formula is C24H24N8O2. The number of imidazole rings is 1. The minimum atomic E-state index is 0.505. The molecule has 1 fully saturated rings. The Bertz CT molecular complexity index is 1470. The van der Waals surface area contributed by atoms with Gasteiger partial charge in [-0.05, 0) is 37.3 Å². The van der Waals surface area contributed by atoms with E-state index in [9.17, 15) is 0 Å². The summed E-state index contributed by atoms with van der Waals surface area (Å²) in [4.78, 5) is 21.3. The van der Waals surface area contributed by atoms with E-state index >= 15 is 0 Å². The number of pyridine rings is 1. The highest BCUT2D eigenvalue weighted by molar-refractivity contribution is 5.88. The SMILES string of the molecule is CCn1c(-c2ccncc2)nc2c(N3CCOCC3)nc(-n3ncc4cc(OC)ccc43)nc21. The number of rotatable bonds is 5. The average molecular weight is 457 g/mol. The highest BCUT2D eigenvalue weighted by atomic mass is 16.5. The van der Waals surface area contributed by atoms with E-state index in [1.807, 2.05) is 30.3 Å². The minimum absolute atomic E-state index is 0.505. The van der Waals surface area contributed by atoms with Crippen LogP contribution in [0.4, 0.5) is 5.82 Å². The first-order valence-electron chi connectivity index (χ1n) is 11.3. The molecule has 0 atom stereocenters. The number of anilines is 1. The molecule has 5 heterocycles. The Labute approximate surface area is 195 Å². The lowest BCUT2D eigenvalue weighted by Crippen LogP contribution is -2.37. The first-order valence-corrected chi connectivity index (χ1v) is 11.3. The zero-order valence-electron chi connectivity index (χ0n) is 19.0. The van der Waals surface area contributed by atoms with Gasteiger partial charge >= 0.3 is 0 Å². The van der Waals surface area contributed by atoms with Crippen LogP contribution in [-0.4, -0.2) is 67.7 Å². The summed E-state index contributed by atoms with van der Waals surface area (Å²) in [5, 5.41) is 5.57. The maximum Gasteiger partial charge on any atom is 0.255 e. The molecular weight excluding hydrogens is 432 g/mol. The van der Waals surface area contributed by atoms with E-state index < -0.39 is 0 Å². The number of hydrogen-bond donors (Lipinski definition) is 0. The van der Waals surface area contributed by atoms with Gasteiger partial charge in [-0.3, -0.25) is 4.98 Å². The Morgan fingerprint density at radius 2 is 1.85 bits per heavy atom. The number of morpholine rings is 1. The summed E-state index contributed by atoms with van der Waals surface area (Å²) in [6, 6.07) is 9.77. The van der Waals surface area contributed by atoms with Crippen LogP contribution >= 0.6 is 0 Å². The van der Waals surface area contributed by atoms with Crippen molar-refractivity contribution in [3.05, 3.63) is 48.9 Å². The largest absolute Gasteiger partial charge is 0.497 e. The molecule has 1 aliphatic heterocycles. The van der Waals surface area contributed by atoms with Gasteiger partial charge in [-0.25, -0.2) is 4.98 Å². The van der Waals surface area contributed by atoms with Crippen molar-refractivity contribution >= 4 is 27.9 Å². The van der Waals surface area contributed by atoms with Gasteiger partial charge in [0.15, 0.2) is 17.0 Å². The van der Waals surface area contributed by atoms with Crippen molar-refractivity contribution < 1.29 is 9.47 Å². The number of aromatic nitrogens is 7. The summed E-state index contributed by atoms with van der Waals surface area (Å²) in [5.41, 5.74) is 3.45. The normalized spacial score (nSPS) is 14.2. The zero-order valence-corrected chi connectivity index (χ0v) is 19.0. The van der Waals surface area contributed by atoms with Gasteiger partial charge in [-0.1, -0.05) is 0 Å². The molecule has 172 valence electrons. The maximum atomic E-state index is 5.59. The van der Waals surface area contributed by atoms with E-state index in [0.717, 1.165) is 58.1 Å². The first kappa shape index (κ1) is 20.5. The van der Waals surface area contributed by atoms with E-state index in [0.29, 0.717) is 25.7 Å². The van der Waals surface area contributed by atoms with Crippen LogP contribution in [0.5, 0.6) is 5.75 Å². The fourth-order valence-electron chi connectivity index (χ4n) is 4.38. The minimum Gasteiger partial charge on any atom is -0.497 e. The molecule has 0 N–H and O–H groups in total. The highest BCUT2D eigenvalue weighted by Gasteiger charge is 2.24. The Hall–Kier alpha value is -4.05. The molecule has 34 heavy (non-hydrogen) atoms. The van der Waals surface area contributed by atoms with Crippen molar-refractivity contribution in [2.45, 2.75) is 13.5 Å². The van der Waals surface area contributed by atoms with E-state index in [4.69, 9.17) is 24.4 Å². The second-order valence-corrected chi connectivity index (χ2v) is 8.02. The second-order valence-electron chi connectivity index (χ2n) is 8.02. The third-order valence-corrected chi connectivity index (χ3v) is 6.09. The lowest BCUT2D eigenvalue weighted by Gasteiger charge is -2.28. The molecule has 0 unspecified atom stereocenters. The number of fused-ring (bicyclic) bond motifs is 2. The Kier molecular flexibility index (Phi) is 5.06. The molecule has 0 saturated carbocycles. The summed E-state index contributed by atoms with van der Waals surface area (Å²) in [6.07, 6.45) is 5.36. The van der Waals surface area contributed by atoms with Crippen LogP contribution in [0.1, 0.15) is 6.92 Å². The number of methoxy groups -OCH3 is 1. The Morgan fingerprint density at radius 1 is 1.03 bits per heavy atom. The van der Waals surface area contributed by atoms with Crippen molar-refractivity contribution in [3.8, 4) is 23.1 Å². The van der Waals surface area contributed by atoms with Crippen LogP contribution in [0.25, 0.3) is 39.4 Å². The van der Waals surface area contributed by atoms with Gasteiger partial charge in [0.25, 0.3) is 5.95 Å². The van der Waals surface area contributed by atoms with Gasteiger partial charge in [0, 0.05) is 43.0 Å². The predicted octanol–water partition coefficient (Wildman–Crippen LogP) is 3.09. The number of aryl methyl sites for hydroxylation is 1. The molecule has 1 aliphatic rings. The van der Waals surface area contributed by atoms with Crippen LogP contribution in [0.15, 0.2) is 48.9 Å². The molecule has 1 saturated heterocycles. The Morgan fingerprint density at radius 3 is 2.62 bits per heavy atom. The number of ether oxygens (including phenoxy) is 2. The lowest BCUT2D eigenvalue weighted by molar-refractivity contribution is 0.122. The molecule has 10 heteroatoms. The van der Waals surface area contributed by atoms with Crippen molar-refractivity contribution in [2.75, 3.05) is 38.3 Å².